The summed E-state index contributed by atoms with van der Waals surface area (Å²) in [5, 5.41) is 15.1. The fraction of sp³-hybridized carbons (Fsp3) is 0. The number of phenolic OH excluding ortho intramolecular Hbond substituents is 1. The van der Waals surface area contributed by atoms with E-state index >= 15 is 0 Å². The molecule has 0 saturated carbocycles. The van der Waals surface area contributed by atoms with Crippen molar-refractivity contribution in [2.75, 3.05) is 0 Å². The van der Waals surface area contributed by atoms with Crippen LogP contribution in [0, 0.1) is 0 Å². The first-order chi connectivity index (χ1) is 10.3. The number of furan rings is 2. The molecule has 100 valence electrons. The Morgan fingerprint density at radius 1 is 0.762 bits per heavy atom. The molecule has 0 atom stereocenters. The highest BCUT2D eigenvalue weighted by Crippen LogP contribution is 2.41. The first-order valence-electron chi connectivity index (χ1n) is 6.75. The van der Waals surface area contributed by atoms with Crippen molar-refractivity contribution in [2.24, 2.45) is 0 Å². The van der Waals surface area contributed by atoms with Crippen LogP contribution in [0.3, 0.4) is 0 Å². The van der Waals surface area contributed by atoms with Crippen LogP contribution in [0.25, 0.3) is 43.7 Å². The van der Waals surface area contributed by atoms with E-state index in [-0.39, 0.29) is 5.75 Å². The molecule has 0 fully saturated rings. The summed E-state index contributed by atoms with van der Waals surface area (Å²) in [6, 6.07) is 15.8. The lowest BCUT2D eigenvalue weighted by molar-refractivity contribution is 0.487. The lowest BCUT2D eigenvalue weighted by atomic mass is 10.0. The number of hydrogen-bond acceptors (Lipinski definition) is 3. The zero-order valence-corrected chi connectivity index (χ0v) is 11.0. The molecule has 2 heterocycles. The van der Waals surface area contributed by atoms with E-state index in [4.69, 9.17) is 8.83 Å². The third-order valence-corrected chi connectivity index (χ3v) is 4.03. The molecular weight excluding hydrogens is 264 g/mol. The lowest BCUT2D eigenvalue weighted by Crippen LogP contribution is -1.73. The van der Waals surface area contributed by atoms with Crippen LogP contribution in [0.4, 0.5) is 0 Å². The van der Waals surface area contributed by atoms with Gasteiger partial charge in [0, 0.05) is 11.5 Å². The van der Waals surface area contributed by atoms with Gasteiger partial charge in [-0.05, 0) is 29.0 Å². The Bertz CT molecular complexity index is 1140. The van der Waals surface area contributed by atoms with Crippen molar-refractivity contribution in [2.45, 2.75) is 0 Å². The minimum Gasteiger partial charge on any atom is -0.506 e. The van der Waals surface area contributed by atoms with E-state index in [0.717, 1.165) is 27.1 Å². The van der Waals surface area contributed by atoms with Crippen molar-refractivity contribution in [1.82, 2.24) is 0 Å². The quantitative estimate of drug-likeness (QED) is 0.422. The fourth-order valence-corrected chi connectivity index (χ4v) is 3.03. The number of phenols is 1. The Morgan fingerprint density at radius 2 is 1.57 bits per heavy atom. The molecule has 0 spiro atoms. The van der Waals surface area contributed by atoms with E-state index in [1.165, 1.54) is 0 Å². The Morgan fingerprint density at radius 3 is 2.43 bits per heavy atom. The minimum atomic E-state index is 0.213. The van der Waals surface area contributed by atoms with Crippen LogP contribution in [0.5, 0.6) is 5.75 Å². The largest absolute Gasteiger partial charge is 0.506 e. The number of aromatic hydroxyl groups is 1. The molecule has 3 aromatic carbocycles. The van der Waals surface area contributed by atoms with Gasteiger partial charge >= 0.3 is 0 Å². The summed E-state index contributed by atoms with van der Waals surface area (Å²) in [6.07, 6.45) is 1.57. The molecule has 0 saturated heterocycles. The molecule has 3 heteroatoms. The molecule has 0 amide bonds. The van der Waals surface area contributed by atoms with Crippen molar-refractivity contribution in [3.8, 4) is 5.75 Å². The van der Waals surface area contributed by atoms with Crippen molar-refractivity contribution in [1.29, 1.82) is 0 Å². The molecule has 5 aromatic rings. The number of fused-ring (bicyclic) bond motifs is 5. The third kappa shape index (κ3) is 1.32. The number of hydrogen-bond donors (Lipinski definition) is 1. The maximum absolute atomic E-state index is 10.5. The second-order valence-electron chi connectivity index (χ2n) is 5.23. The Balaban J connectivity index is 2.07. The third-order valence-electron chi connectivity index (χ3n) is 4.03. The summed E-state index contributed by atoms with van der Waals surface area (Å²) in [5.74, 6) is 0.213. The Hall–Kier alpha value is -2.94. The molecule has 2 aromatic heterocycles. The van der Waals surface area contributed by atoms with Gasteiger partial charge in [0.25, 0.3) is 0 Å². The van der Waals surface area contributed by atoms with E-state index in [0.29, 0.717) is 16.6 Å². The second kappa shape index (κ2) is 3.58. The average Bonchev–Trinajstić information content (AvgIpc) is 3.09. The fourth-order valence-electron chi connectivity index (χ4n) is 3.03. The van der Waals surface area contributed by atoms with Gasteiger partial charge in [-0.3, -0.25) is 0 Å². The molecule has 0 aliphatic heterocycles. The Kier molecular flexibility index (Phi) is 1.84. The van der Waals surface area contributed by atoms with Crippen LogP contribution < -0.4 is 0 Å². The normalized spacial score (nSPS) is 12.0. The summed E-state index contributed by atoms with van der Waals surface area (Å²) >= 11 is 0. The van der Waals surface area contributed by atoms with Crippen LogP contribution in [0.15, 0.2) is 63.6 Å². The average molecular weight is 274 g/mol. The van der Waals surface area contributed by atoms with Crippen molar-refractivity contribution < 1.29 is 13.9 Å². The highest BCUT2D eigenvalue weighted by molar-refractivity contribution is 6.16. The van der Waals surface area contributed by atoms with Gasteiger partial charge in [-0.15, -0.1) is 0 Å². The van der Waals surface area contributed by atoms with E-state index < -0.39 is 0 Å². The summed E-state index contributed by atoms with van der Waals surface area (Å²) in [4.78, 5) is 0. The van der Waals surface area contributed by atoms with Crippen LogP contribution >= 0.6 is 0 Å². The van der Waals surface area contributed by atoms with Gasteiger partial charge in [0.1, 0.15) is 22.5 Å². The van der Waals surface area contributed by atoms with Gasteiger partial charge in [0.15, 0.2) is 0 Å². The molecule has 3 nitrogen and oxygen atoms in total. The Labute approximate surface area is 119 Å². The molecular formula is C18H10O3. The standard InChI is InChI=1S/C18H10O3/c19-18-12-5-6-20-14(12)9-16-17(18)13-7-10-3-1-2-4-11(10)8-15(13)21-16/h1-9,19H. The molecule has 0 bridgehead atoms. The van der Waals surface area contributed by atoms with Gasteiger partial charge in [0.05, 0.1) is 17.0 Å². The molecule has 21 heavy (non-hydrogen) atoms. The lowest BCUT2D eigenvalue weighted by Gasteiger charge is -1.98. The first kappa shape index (κ1) is 10.8. The maximum Gasteiger partial charge on any atom is 0.142 e. The van der Waals surface area contributed by atoms with Gasteiger partial charge in [0.2, 0.25) is 0 Å². The molecule has 0 aliphatic rings. The topological polar surface area (TPSA) is 46.5 Å². The maximum atomic E-state index is 10.5. The highest BCUT2D eigenvalue weighted by Gasteiger charge is 2.16. The van der Waals surface area contributed by atoms with Crippen LogP contribution in [0.2, 0.25) is 0 Å². The SMILES string of the molecule is Oc1c2ccoc2cc2oc3cc4ccccc4cc3c12. The zero-order chi connectivity index (χ0) is 14.0. The zero-order valence-electron chi connectivity index (χ0n) is 11.0. The molecule has 0 aliphatic carbocycles. The smallest absolute Gasteiger partial charge is 0.142 e. The van der Waals surface area contributed by atoms with E-state index in [2.05, 4.69) is 12.1 Å². The van der Waals surface area contributed by atoms with Crippen LogP contribution in [-0.4, -0.2) is 5.11 Å². The van der Waals surface area contributed by atoms with Crippen molar-refractivity contribution in [3.63, 3.8) is 0 Å². The molecule has 1 N–H and O–H groups in total. The van der Waals surface area contributed by atoms with E-state index in [1.807, 2.05) is 30.3 Å². The van der Waals surface area contributed by atoms with Gasteiger partial charge in [-0.2, -0.15) is 0 Å². The van der Waals surface area contributed by atoms with Crippen LogP contribution in [-0.2, 0) is 0 Å². The highest BCUT2D eigenvalue weighted by atomic mass is 16.3. The van der Waals surface area contributed by atoms with E-state index in [9.17, 15) is 5.11 Å². The summed E-state index contributed by atoms with van der Waals surface area (Å²) < 4.78 is 11.3. The predicted molar refractivity (Wildman–Crippen MR) is 82.7 cm³/mol. The van der Waals surface area contributed by atoms with E-state index in [1.54, 1.807) is 12.3 Å². The van der Waals surface area contributed by atoms with Gasteiger partial charge < -0.3 is 13.9 Å². The van der Waals surface area contributed by atoms with Crippen molar-refractivity contribution >= 4 is 43.7 Å². The summed E-state index contributed by atoms with van der Waals surface area (Å²) in [6.45, 7) is 0. The number of rotatable bonds is 0. The van der Waals surface area contributed by atoms with Gasteiger partial charge in [-0.1, -0.05) is 24.3 Å². The predicted octanol–water partition coefficient (Wildman–Crippen LogP) is 5.19. The summed E-state index contributed by atoms with van der Waals surface area (Å²) in [7, 11) is 0. The number of benzene rings is 3. The first-order valence-corrected chi connectivity index (χ1v) is 6.75. The van der Waals surface area contributed by atoms with Gasteiger partial charge in [-0.25, -0.2) is 0 Å². The summed E-state index contributed by atoms with van der Waals surface area (Å²) in [5.41, 5.74) is 2.04. The van der Waals surface area contributed by atoms with Crippen LogP contribution in [0.1, 0.15) is 0 Å². The monoisotopic (exact) mass is 274 g/mol. The molecule has 5 rings (SSSR count). The molecule has 0 unspecified atom stereocenters. The molecule has 0 radical (unpaired) electrons. The van der Waals surface area contributed by atoms with Crippen molar-refractivity contribution in [3.05, 3.63) is 54.8 Å². The second-order valence-corrected chi connectivity index (χ2v) is 5.23. The minimum absolute atomic E-state index is 0.213.